The van der Waals surface area contributed by atoms with Gasteiger partial charge in [0.05, 0.1) is 17.1 Å². The summed E-state index contributed by atoms with van der Waals surface area (Å²) in [5.74, 6) is -0.0241. The summed E-state index contributed by atoms with van der Waals surface area (Å²) in [6.07, 6.45) is 0.496. The van der Waals surface area contributed by atoms with Crippen LogP contribution in [0.1, 0.15) is 23.7 Å². The van der Waals surface area contributed by atoms with Crippen LogP contribution in [0.3, 0.4) is 0 Å². The highest BCUT2D eigenvalue weighted by Gasteiger charge is 2.34. The lowest BCUT2D eigenvalue weighted by atomic mass is 10.1. The molecule has 1 heterocycles. The third-order valence-corrected chi connectivity index (χ3v) is 5.74. The Hall–Kier alpha value is -1.08. The topological polar surface area (TPSA) is 80.5 Å². The molecular formula is C13H17BrN2O3S. The molecule has 1 aliphatic heterocycles. The molecule has 2 N–H and O–H groups in total. The van der Waals surface area contributed by atoms with Crippen molar-refractivity contribution in [1.29, 1.82) is 0 Å². The molecule has 0 aliphatic carbocycles. The lowest BCUT2D eigenvalue weighted by Gasteiger charge is -2.27. The number of rotatable bonds is 3. The second kappa shape index (κ2) is 5.73. The maximum Gasteiger partial charge on any atom is 0.256 e. The fourth-order valence-electron chi connectivity index (χ4n) is 2.46. The van der Waals surface area contributed by atoms with E-state index in [0.717, 1.165) is 4.47 Å². The van der Waals surface area contributed by atoms with Crippen molar-refractivity contribution >= 4 is 37.4 Å². The Morgan fingerprint density at radius 2 is 2.20 bits per heavy atom. The van der Waals surface area contributed by atoms with Gasteiger partial charge in [0, 0.05) is 22.7 Å². The number of hydrogen-bond donors (Lipinski definition) is 1. The maximum absolute atomic E-state index is 12.6. The van der Waals surface area contributed by atoms with E-state index in [1.54, 1.807) is 23.1 Å². The van der Waals surface area contributed by atoms with Gasteiger partial charge < -0.3 is 10.6 Å². The van der Waals surface area contributed by atoms with E-state index in [0.29, 0.717) is 24.2 Å². The number of nitrogen functional groups attached to an aromatic ring is 1. The monoisotopic (exact) mass is 360 g/mol. The van der Waals surface area contributed by atoms with Crippen molar-refractivity contribution in [3.05, 3.63) is 28.2 Å². The zero-order chi connectivity index (χ0) is 14.9. The number of anilines is 1. The molecule has 0 saturated carbocycles. The Morgan fingerprint density at radius 3 is 2.75 bits per heavy atom. The van der Waals surface area contributed by atoms with Crippen molar-refractivity contribution < 1.29 is 13.2 Å². The van der Waals surface area contributed by atoms with E-state index >= 15 is 0 Å². The number of benzene rings is 1. The molecule has 5 nitrogen and oxygen atoms in total. The van der Waals surface area contributed by atoms with E-state index in [2.05, 4.69) is 15.9 Å². The Morgan fingerprint density at radius 1 is 1.50 bits per heavy atom. The van der Waals surface area contributed by atoms with E-state index < -0.39 is 9.84 Å². The average molecular weight is 361 g/mol. The smallest absolute Gasteiger partial charge is 0.256 e. The minimum atomic E-state index is -3.02. The number of carbonyl (C=O) groups excluding carboxylic acids is 1. The molecular weight excluding hydrogens is 344 g/mol. The second-order valence-corrected chi connectivity index (χ2v) is 8.02. The molecule has 20 heavy (non-hydrogen) atoms. The molecule has 1 amide bonds. The van der Waals surface area contributed by atoms with Crippen molar-refractivity contribution in [2.45, 2.75) is 19.4 Å². The Bertz CT molecular complexity index is 631. The number of nitrogens with two attached hydrogens (primary N) is 1. The van der Waals surface area contributed by atoms with Gasteiger partial charge >= 0.3 is 0 Å². The summed E-state index contributed by atoms with van der Waals surface area (Å²) in [6, 6.07) is 4.85. The van der Waals surface area contributed by atoms with Gasteiger partial charge in [0.1, 0.15) is 0 Å². The summed E-state index contributed by atoms with van der Waals surface area (Å²) in [7, 11) is -3.02. The highest BCUT2D eigenvalue weighted by Crippen LogP contribution is 2.24. The molecule has 1 aliphatic rings. The fourth-order valence-corrected chi connectivity index (χ4v) is 4.55. The standard InChI is InChI=1S/C13H17BrN2O3S/c1-2-16(10-5-6-20(18,19)8-10)13(17)11-7-9(14)3-4-12(11)15/h3-4,7,10H,2,5-6,8,15H2,1H3. The van der Waals surface area contributed by atoms with E-state index in [1.165, 1.54) is 0 Å². The van der Waals surface area contributed by atoms with Crippen LogP contribution in [0.25, 0.3) is 0 Å². The second-order valence-electron chi connectivity index (χ2n) is 4.88. The minimum Gasteiger partial charge on any atom is -0.398 e. The molecule has 110 valence electrons. The van der Waals surface area contributed by atoms with Gasteiger partial charge in [0.15, 0.2) is 9.84 Å². The van der Waals surface area contributed by atoms with Crippen LogP contribution in [0, 0.1) is 0 Å². The van der Waals surface area contributed by atoms with Crippen LogP contribution in [0.4, 0.5) is 5.69 Å². The molecule has 1 atom stereocenters. The quantitative estimate of drug-likeness (QED) is 0.831. The fraction of sp³-hybridized carbons (Fsp3) is 0.462. The SMILES string of the molecule is CCN(C(=O)c1cc(Br)ccc1N)C1CCS(=O)(=O)C1. The summed E-state index contributed by atoms with van der Waals surface area (Å²) in [5, 5.41) is 0. The lowest BCUT2D eigenvalue weighted by Crippen LogP contribution is -2.41. The normalized spacial score (nSPS) is 20.8. The molecule has 0 bridgehead atoms. The first-order valence-electron chi connectivity index (χ1n) is 6.40. The molecule has 1 aromatic carbocycles. The van der Waals surface area contributed by atoms with E-state index in [9.17, 15) is 13.2 Å². The summed E-state index contributed by atoms with van der Waals surface area (Å²) >= 11 is 3.32. The third kappa shape index (κ3) is 3.15. The summed E-state index contributed by atoms with van der Waals surface area (Å²) < 4.78 is 23.9. The number of carbonyl (C=O) groups is 1. The van der Waals surface area contributed by atoms with Gasteiger partial charge in [-0.25, -0.2) is 8.42 Å². The Balaban J connectivity index is 2.28. The highest BCUT2D eigenvalue weighted by atomic mass is 79.9. The molecule has 0 spiro atoms. The molecule has 7 heteroatoms. The van der Waals surface area contributed by atoms with Gasteiger partial charge in [-0.3, -0.25) is 4.79 Å². The van der Waals surface area contributed by atoms with Crippen LogP contribution in [-0.4, -0.2) is 43.3 Å². The van der Waals surface area contributed by atoms with Gasteiger partial charge in [-0.05, 0) is 31.5 Å². The summed E-state index contributed by atoms with van der Waals surface area (Å²) in [4.78, 5) is 14.2. The molecule has 2 rings (SSSR count). The van der Waals surface area contributed by atoms with Crippen LogP contribution in [-0.2, 0) is 9.84 Å². The van der Waals surface area contributed by atoms with Crippen LogP contribution in [0.5, 0.6) is 0 Å². The van der Waals surface area contributed by atoms with Crippen molar-refractivity contribution in [3.63, 3.8) is 0 Å². The van der Waals surface area contributed by atoms with E-state index in [4.69, 9.17) is 5.73 Å². The first-order chi connectivity index (χ1) is 9.34. The molecule has 1 fully saturated rings. The predicted molar refractivity (Wildman–Crippen MR) is 82.3 cm³/mol. The largest absolute Gasteiger partial charge is 0.398 e. The number of amides is 1. The lowest BCUT2D eigenvalue weighted by molar-refractivity contribution is 0.0709. The Kier molecular flexibility index (Phi) is 4.39. The Labute approximate surface area is 127 Å². The predicted octanol–water partition coefficient (Wildman–Crippen LogP) is 1.68. The summed E-state index contributed by atoms with van der Waals surface area (Å²) in [6.45, 7) is 2.31. The van der Waals surface area contributed by atoms with Gasteiger partial charge in [0.2, 0.25) is 0 Å². The molecule has 1 saturated heterocycles. The van der Waals surface area contributed by atoms with Crippen molar-refractivity contribution in [2.75, 3.05) is 23.8 Å². The molecule has 0 radical (unpaired) electrons. The molecule has 1 unspecified atom stereocenters. The number of halogens is 1. The van der Waals surface area contributed by atoms with Gasteiger partial charge in [-0.15, -0.1) is 0 Å². The van der Waals surface area contributed by atoms with Gasteiger partial charge in [-0.1, -0.05) is 15.9 Å². The van der Waals surface area contributed by atoms with E-state index in [1.807, 2.05) is 6.92 Å². The molecule has 1 aromatic rings. The van der Waals surface area contributed by atoms with Crippen LogP contribution in [0.15, 0.2) is 22.7 Å². The van der Waals surface area contributed by atoms with Crippen molar-refractivity contribution in [2.24, 2.45) is 0 Å². The van der Waals surface area contributed by atoms with Crippen LogP contribution >= 0.6 is 15.9 Å². The van der Waals surface area contributed by atoms with E-state index in [-0.39, 0.29) is 23.5 Å². The third-order valence-electron chi connectivity index (χ3n) is 3.50. The molecule has 0 aromatic heterocycles. The maximum atomic E-state index is 12.6. The summed E-state index contributed by atoms with van der Waals surface area (Å²) in [5.41, 5.74) is 6.66. The van der Waals surface area contributed by atoms with Gasteiger partial charge in [0.25, 0.3) is 5.91 Å². The first-order valence-corrected chi connectivity index (χ1v) is 9.02. The average Bonchev–Trinajstić information content (AvgIpc) is 2.73. The number of hydrogen-bond acceptors (Lipinski definition) is 4. The number of sulfone groups is 1. The minimum absolute atomic E-state index is 0.0422. The zero-order valence-corrected chi connectivity index (χ0v) is 13.6. The van der Waals surface area contributed by atoms with Crippen LogP contribution in [0.2, 0.25) is 0 Å². The van der Waals surface area contributed by atoms with Crippen molar-refractivity contribution in [1.82, 2.24) is 4.90 Å². The van der Waals surface area contributed by atoms with Crippen molar-refractivity contribution in [3.8, 4) is 0 Å². The van der Waals surface area contributed by atoms with Gasteiger partial charge in [-0.2, -0.15) is 0 Å². The number of nitrogens with zero attached hydrogens (tertiary/aromatic N) is 1. The van der Waals surface area contributed by atoms with Crippen LogP contribution < -0.4 is 5.73 Å². The first kappa shape index (κ1) is 15.3. The highest BCUT2D eigenvalue weighted by molar-refractivity contribution is 9.10. The zero-order valence-electron chi connectivity index (χ0n) is 11.2.